The molecular formula is C15H23N8O5+. The number of nitrogens with one attached hydrogen (secondary N) is 3. The maximum Gasteiger partial charge on any atom is 0.343 e. The van der Waals surface area contributed by atoms with Crippen LogP contribution >= 0.6 is 0 Å². The smallest absolute Gasteiger partial charge is 0.343 e. The van der Waals surface area contributed by atoms with Crippen molar-refractivity contribution in [1.29, 1.82) is 0 Å². The van der Waals surface area contributed by atoms with Crippen molar-refractivity contribution in [2.45, 2.75) is 49.3 Å². The molecule has 4 heterocycles. The molecule has 4 atom stereocenters. The molecule has 13 nitrogen and oxygen atoms in total. The summed E-state index contributed by atoms with van der Waals surface area (Å²) in [4.78, 5) is 45.4. The fourth-order valence-corrected chi connectivity index (χ4v) is 4.58. The molecule has 4 rings (SSSR count). The van der Waals surface area contributed by atoms with E-state index in [1.165, 1.54) is 11.8 Å². The molecule has 152 valence electrons. The van der Waals surface area contributed by atoms with E-state index in [0.717, 1.165) is 4.90 Å². The van der Waals surface area contributed by atoms with E-state index >= 15 is 0 Å². The molecular weight excluding hydrogens is 372 g/mol. The molecule has 2 saturated heterocycles. The third kappa shape index (κ3) is 2.29. The zero-order chi connectivity index (χ0) is 20.4. The molecule has 3 amide bonds. The Morgan fingerprint density at radius 1 is 1.36 bits per heavy atom. The first-order valence-electron chi connectivity index (χ1n) is 8.91. The van der Waals surface area contributed by atoms with Gasteiger partial charge in [-0.3, -0.25) is 34.9 Å². The van der Waals surface area contributed by atoms with Crippen molar-refractivity contribution in [3.05, 3.63) is 0 Å². The second-order valence-corrected chi connectivity index (χ2v) is 7.47. The Hall–Kier alpha value is -2.93. The maximum absolute atomic E-state index is 12.0. The van der Waals surface area contributed by atoms with Crippen molar-refractivity contribution < 1.29 is 29.6 Å². The van der Waals surface area contributed by atoms with Crippen LogP contribution in [0.4, 0.5) is 0 Å². The molecule has 9 N–H and O–H groups in total. The van der Waals surface area contributed by atoms with E-state index in [1.54, 1.807) is 0 Å². The molecule has 28 heavy (non-hydrogen) atoms. The molecule has 0 radical (unpaired) electrons. The number of carbonyl (C=O) groups is 3. The Balaban J connectivity index is 1.74. The first kappa shape index (κ1) is 18.4. The highest BCUT2D eigenvalue weighted by Crippen LogP contribution is 2.41. The average Bonchev–Trinajstić information content (AvgIpc) is 3.18. The molecule has 0 bridgehead atoms. The summed E-state index contributed by atoms with van der Waals surface area (Å²) >= 11 is 0. The predicted octanol–water partition coefficient (Wildman–Crippen LogP) is -6.60. The fourth-order valence-electron chi connectivity index (χ4n) is 4.58. The maximum atomic E-state index is 12.0. The predicted molar refractivity (Wildman–Crippen MR) is 92.7 cm³/mol. The largest absolute Gasteiger partial charge is 0.370 e. The SMILES string of the molecule is CC(=O)N[C@H]1CN2C(N)=N[C@@H](CN3C(=O)CCC3=O)[C@@H]3[NH+]=C(N)N[C@@]32C1(O)O. The number of likely N-dealkylation sites (tertiary alicyclic amines) is 1. The van der Waals surface area contributed by atoms with Crippen molar-refractivity contribution in [3.8, 4) is 0 Å². The monoisotopic (exact) mass is 395 g/mol. The minimum Gasteiger partial charge on any atom is -0.370 e. The molecule has 13 heteroatoms. The summed E-state index contributed by atoms with van der Waals surface area (Å²) in [7, 11) is 0. The highest BCUT2D eigenvalue weighted by molar-refractivity contribution is 6.02. The van der Waals surface area contributed by atoms with Crippen molar-refractivity contribution in [2.24, 2.45) is 16.5 Å². The van der Waals surface area contributed by atoms with E-state index in [1.807, 2.05) is 0 Å². The number of guanidine groups is 2. The van der Waals surface area contributed by atoms with E-state index in [-0.39, 0.29) is 49.7 Å². The molecule has 4 aliphatic rings. The van der Waals surface area contributed by atoms with Crippen molar-refractivity contribution in [3.63, 3.8) is 0 Å². The molecule has 0 aliphatic carbocycles. The van der Waals surface area contributed by atoms with E-state index in [4.69, 9.17) is 11.5 Å². The van der Waals surface area contributed by atoms with E-state index in [0.29, 0.717) is 0 Å². The van der Waals surface area contributed by atoms with Gasteiger partial charge in [-0.2, -0.15) is 0 Å². The van der Waals surface area contributed by atoms with Gasteiger partial charge in [0.2, 0.25) is 23.5 Å². The first-order chi connectivity index (χ1) is 13.1. The van der Waals surface area contributed by atoms with Crippen LogP contribution in [0.2, 0.25) is 0 Å². The van der Waals surface area contributed by atoms with Crippen LogP contribution in [0, 0.1) is 0 Å². The minimum atomic E-state index is -2.49. The van der Waals surface area contributed by atoms with Crippen molar-refractivity contribution in [2.75, 3.05) is 13.1 Å². The highest BCUT2D eigenvalue weighted by atomic mass is 16.5. The van der Waals surface area contributed by atoms with Crippen molar-refractivity contribution >= 4 is 29.6 Å². The van der Waals surface area contributed by atoms with Gasteiger partial charge in [-0.25, -0.2) is 10.3 Å². The lowest BCUT2D eigenvalue weighted by Crippen LogP contribution is -2.90. The first-order valence-corrected chi connectivity index (χ1v) is 8.91. The van der Waals surface area contributed by atoms with E-state index in [2.05, 4.69) is 20.6 Å². The number of rotatable bonds is 3. The summed E-state index contributed by atoms with van der Waals surface area (Å²) in [5.41, 5.74) is 10.4. The number of nitrogens with zero attached hydrogens (tertiary/aromatic N) is 3. The van der Waals surface area contributed by atoms with Crippen LogP contribution in [0.5, 0.6) is 0 Å². The van der Waals surface area contributed by atoms with Crippen LogP contribution < -0.4 is 27.1 Å². The lowest BCUT2D eigenvalue weighted by atomic mass is 9.85. The minimum absolute atomic E-state index is 0.0235. The number of hydrogen-bond donors (Lipinski definition) is 7. The highest BCUT2D eigenvalue weighted by Gasteiger charge is 2.76. The summed E-state index contributed by atoms with van der Waals surface area (Å²) in [6.07, 6.45) is 0.252. The Morgan fingerprint density at radius 3 is 2.61 bits per heavy atom. The summed E-state index contributed by atoms with van der Waals surface area (Å²) in [6, 6.07) is -2.71. The third-order valence-electron chi connectivity index (χ3n) is 5.79. The number of nitrogens with two attached hydrogens (primary N) is 2. The zero-order valence-corrected chi connectivity index (χ0v) is 15.2. The van der Waals surface area contributed by atoms with Crippen LogP contribution in [0.25, 0.3) is 0 Å². The number of amides is 3. The standard InChI is InChI=1S/C15H22N8O5/c1-6(24)18-8-5-23-13(17)19-7(4-22-9(25)2-3-10(22)26)11-14(23,15(8,27)28)21-12(16)20-11/h7-8,11,27-28H,2-5H2,1H3,(H2,17,19)(H,18,24)(H3,16,20,21)/p+1/t7-,8-,11-,14-/m0/s1. The lowest BCUT2D eigenvalue weighted by molar-refractivity contribution is -0.521. The molecule has 4 aliphatic heterocycles. The van der Waals surface area contributed by atoms with Crippen LogP contribution in [0.1, 0.15) is 19.8 Å². The van der Waals surface area contributed by atoms with Crippen molar-refractivity contribution in [1.82, 2.24) is 20.4 Å². The van der Waals surface area contributed by atoms with Crippen LogP contribution in [-0.2, 0) is 14.4 Å². The summed E-state index contributed by atoms with van der Waals surface area (Å²) in [6.45, 7) is 1.14. The second kappa shape index (κ2) is 5.78. The number of aliphatic hydroxyl groups is 2. The van der Waals surface area contributed by atoms with Gasteiger partial charge in [0.1, 0.15) is 12.1 Å². The second-order valence-electron chi connectivity index (χ2n) is 7.47. The number of aliphatic imine (C=N–C) groups is 1. The van der Waals surface area contributed by atoms with Crippen LogP contribution in [0.3, 0.4) is 0 Å². The van der Waals surface area contributed by atoms with Crippen LogP contribution in [0.15, 0.2) is 4.99 Å². The average molecular weight is 395 g/mol. The van der Waals surface area contributed by atoms with Gasteiger partial charge < -0.3 is 21.3 Å². The fraction of sp³-hybridized carbons (Fsp3) is 0.667. The van der Waals surface area contributed by atoms with Gasteiger partial charge >= 0.3 is 5.96 Å². The van der Waals surface area contributed by atoms with Gasteiger partial charge in [-0.1, -0.05) is 0 Å². The third-order valence-corrected chi connectivity index (χ3v) is 5.79. The lowest BCUT2D eigenvalue weighted by Gasteiger charge is -2.46. The topological polar surface area (TPSA) is 201 Å². The Labute approximate surface area is 159 Å². The van der Waals surface area contributed by atoms with Gasteiger partial charge in [0.05, 0.1) is 13.1 Å². The quantitative estimate of drug-likeness (QED) is 0.179. The Kier molecular flexibility index (Phi) is 3.81. The summed E-state index contributed by atoms with van der Waals surface area (Å²) in [5.74, 6) is -3.55. The van der Waals surface area contributed by atoms with E-state index in [9.17, 15) is 24.6 Å². The van der Waals surface area contributed by atoms with Gasteiger partial charge in [0, 0.05) is 19.8 Å². The molecule has 0 aromatic heterocycles. The zero-order valence-electron chi connectivity index (χ0n) is 15.2. The normalized spacial score (nSPS) is 35.9. The number of carbonyl (C=O) groups excluding carboxylic acids is 3. The molecule has 1 spiro atoms. The van der Waals surface area contributed by atoms with Gasteiger partial charge in [0.25, 0.3) is 5.66 Å². The van der Waals surface area contributed by atoms with Gasteiger partial charge in [-0.05, 0) is 0 Å². The Bertz CT molecular complexity index is 809. The molecule has 0 unspecified atom stereocenters. The Morgan fingerprint density at radius 2 is 2.00 bits per heavy atom. The number of imide groups is 1. The van der Waals surface area contributed by atoms with Crippen LogP contribution in [-0.4, -0.2) is 92.3 Å². The molecule has 0 aromatic carbocycles. The summed E-state index contributed by atoms with van der Waals surface area (Å²) in [5, 5.41) is 27.4. The molecule has 2 fully saturated rings. The molecule has 0 aromatic rings. The molecule has 0 saturated carbocycles. The number of hydrogen-bond acceptors (Lipinski definition) is 10. The summed E-state index contributed by atoms with van der Waals surface area (Å²) < 4.78 is 0. The van der Waals surface area contributed by atoms with E-state index < -0.39 is 35.5 Å². The van der Waals surface area contributed by atoms with Gasteiger partial charge in [0.15, 0.2) is 12.0 Å². The van der Waals surface area contributed by atoms with Gasteiger partial charge in [-0.15, -0.1) is 0 Å².